The second kappa shape index (κ2) is 6.30. The lowest BCUT2D eigenvalue weighted by atomic mass is 10.1. The molecular formula is C18H13F3N4O3. The Bertz CT molecular complexity index is 977. The quantitative estimate of drug-likeness (QED) is 0.719. The van der Waals surface area contributed by atoms with Crippen LogP contribution in [0.15, 0.2) is 35.0 Å². The van der Waals surface area contributed by atoms with Crippen LogP contribution in [0.1, 0.15) is 0 Å². The molecule has 0 aliphatic carbocycles. The van der Waals surface area contributed by atoms with E-state index in [1.165, 1.54) is 23.1 Å². The first kappa shape index (κ1) is 17.9. The maximum Gasteiger partial charge on any atom is 0.431 e. The van der Waals surface area contributed by atoms with Gasteiger partial charge in [0, 0.05) is 12.6 Å². The number of terminal acetylenes is 1. The first-order valence-corrected chi connectivity index (χ1v) is 8.27. The van der Waals surface area contributed by atoms with Crippen molar-refractivity contribution in [2.75, 3.05) is 36.0 Å². The Morgan fingerprint density at radius 2 is 2.07 bits per heavy atom. The molecule has 28 heavy (non-hydrogen) atoms. The second-order valence-electron chi connectivity index (χ2n) is 6.16. The summed E-state index contributed by atoms with van der Waals surface area (Å²) < 4.78 is 45.2. The van der Waals surface area contributed by atoms with Crippen LogP contribution in [0.5, 0.6) is 5.75 Å². The van der Waals surface area contributed by atoms with E-state index in [1.807, 2.05) is 0 Å². The van der Waals surface area contributed by atoms with Crippen LogP contribution < -0.4 is 14.5 Å². The third-order valence-electron chi connectivity index (χ3n) is 4.47. The van der Waals surface area contributed by atoms with E-state index < -0.39 is 17.8 Å². The molecule has 7 nitrogen and oxygen atoms in total. The first-order valence-electron chi connectivity index (χ1n) is 8.27. The van der Waals surface area contributed by atoms with Crippen LogP contribution in [0.25, 0.3) is 0 Å². The van der Waals surface area contributed by atoms with E-state index in [0.29, 0.717) is 17.5 Å². The number of guanidine groups is 1. The highest BCUT2D eigenvalue weighted by atomic mass is 19.4. The van der Waals surface area contributed by atoms with Crippen LogP contribution in [-0.2, 0) is 9.59 Å². The molecule has 0 fully saturated rings. The van der Waals surface area contributed by atoms with Gasteiger partial charge in [0.2, 0.25) is 5.96 Å². The van der Waals surface area contributed by atoms with Crippen LogP contribution in [0.4, 0.5) is 24.5 Å². The lowest BCUT2D eigenvalue weighted by Crippen LogP contribution is -2.51. The largest absolute Gasteiger partial charge is 0.482 e. The van der Waals surface area contributed by atoms with Crippen LogP contribution in [0, 0.1) is 12.3 Å². The molecule has 0 N–H and O–H groups in total. The van der Waals surface area contributed by atoms with Crippen molar-refractivity contribution in [3.05, 3.63) is 30.0 Å². The number of hydrogen-bond acceptors (Lipinski definition) is 5. The van der Waals surface area contributed by atoms with Gasteiger partial charge in [0.15, 0.2) is 6.61 Å². The Morgan fingerprint density at radius 1 is 1.29 bits per heavy atom. The topological polar surface area (TPSA) is 65.5 Å². The Balaban J connectivity index is 1.78. The maximum atomic E-state index is 13.3. The van der Waals surface area contributed by atoms with Gasteiger partial charge in [0.05, 0.1) is 24.5 Å². The summed E-state index contributed by atoms with van der Waals surface area (Å²) in [7, 11) is 0. The molecule has 0 spiro atoms. The van der Waals surface area contributed by atoms with Crippen molar-refractivity contribution < 1.29 is 27.5 Å². The van der Waals surface area contributed by atoms with Gasteiger partial charge < -0.3 is 9.64 Å². The zero-order valence-corrected chi connectivity index (χ0v) is 14.4. The van der Waals surface area contributed by atoms with E-state index in [2.05, 4.69) is 10.9 Å². The summed E-state index contributed by atoms with van der Waals surface area (Å²) in [5.74, 6) is 1.43. The zero-order valence-electron chi connectivity index (χ0n) is 14.4. The Kier molecular flexibility index (Phi) is 4.03. The molecule has 1 aromatic rings. The monoisotopic (exact) mass is 390 g/mol. The number of ether oxygens (including phenoxy) is 1. The number of carbonyl (C=O) groups excluding carboxylic acids is 2. The molecule has 2 amide bonds. The van der Waals surface area contributed by atoms with Crippen molar-refractivity contribution in [3.8, 4) is 18.1 Å². The van der Waals surface area contributed by atoms with E-state index >= 15 is 0 Å². The van der Waals surface area contributed by atoms with Gasteiger partial charge in [-0.3, -0.25) is 19.5 Å². The third kappa shape index (κ3) is 2.76. The van der Waals surface area contributed by atoms with Crippen LogP contribution in [0.2, 0.25) is 0 Å². The van der Waals surface area contributed by atoms with Gasteiger partial charge >= 0.3 is 6.18 Å². The Hall–Kier alpha value is -3.48. The average Bonchev–Trinajstić information content (AvgIpc) is 3.11. The van der Waals surface area contributed by atoms with Crippen molar-refractivity contribution >= 4 is 29.1 Å². The smallest absolute Gasteiger partial charge is 0.431 e. The maximum absolute atomic E-state index is 13.3. The zero-order chi connectivity index (χ0) is 20.1. The number of rotatable bonds is 2. The van der Waals surface area contributed by atoms with Gasteiger partial charge in [0.1, 0.15) is 11.4 Å². The molecule has 0 radical (unpaired) electrons. The molecule has 4 rings (SSSR count). The number of amides is 2. The fraction of sp³-hybridized carbons (Fsp3) is 0.278. The molecule has 3 aliphatic rings. The van der Waals surface area contributed by atoms with E-state index in [9.17, 15) is 22.8 Å². The van der Waals surface area contributed by atoms with E-state index in [4.69, 9.17) is 11.2 Å². The minimum atomic E-state index is -4.67. The van der Waals surface area contributed by atoms with Crippen molar-refractivity contribution in [1.29, 1.82) is 0 Å². The van der Waals surface area contributed by atoms with Crippen molar-refractivity contribution in [2.45, 2.75) is 6.18 Å². The molecule has 1 aromatic carbocycles. The second-order valence-corrected chi connectivity index (χ2v) is 6.16. The fourth-order valence-corrected chi connectivity index (χ4v) is 3.28. The molecule has 0 saturated carbocycles. The summed E-state index contributed by atoms with van der Waals surface area (Å²) in [6.45, 7) is -0.0326. The van der Waals surface area contributed by atoms with Gasteiger partial charge in [-0.15, -0.1) is 6.42 Å². The number of halogens is 3. The number of benzene rings is 1. The molecule has 0 bridgehead atoms. The summed E-state index contributed by atoms with van der Waals surface area (Å²) in [5, 5.41) is 0. The minimum Gasteiger partial charge on any atom is -0.482 e. The van der Waals surface area contributed by atoms with Gasteiger partial charge in [-0.1, -0.05) is 5.92 Å². The fourth-order valence-electron chi connectivity index (χ4n) is 3.28. The van der Waals surface area contributed by atoms with Crippen LogP contribution in [0.3, 0.4) is 0 Å². The highest BCUT2D eigenvalue weighted by molar-refractivity contribution is 6.23. The molecule has 3 aliphatic heterocycles. The van der Waals surface area contributed by atoms with Crippen LogP contribution >= 0.6 is 0 Å². The third-order valence-corrected chi connectivity index (χ3v) is 4.47. The molecule has 3 heterocycles. The number of alkyl halides is 3. The van der Waals surface area contributed by atoms with E-state index in [1.54, 1.807) is 0 Å². The normalized spacial score (nSPS) is 18.9. The number of anilines is 2. The molecule has 0 saturated heterocycles. The van der Waals surface area contributed by atoms with Crippen molar-refractivity contribution in [1.82, 2.24) is 4.90 Å². The molecule has 0 aromatic heterocycles. The standard InChI is InChI=1S/C18H13F3N4O3/c1-2-6-23-12-8-11(3-4-13(12)28-10-16(23)27)25-15(26)9-14(18(19,20)21)24-7-5-22-17(24)25/h1,3-4,8-9H,5-7,10H2. The van der Waals surface area contributed by atoms with E-state index in [-0.39, 0.29) is 43.8 Å². The van der Waals surface area contributed by atoms with Gasteiger partial charge in [0.25, 0.3) is 11.8 Å². The van der Waals surface area contributed by atoms with Crippen molar-refractivity contribution in [2.24, 2.45) is 4.99 Å². The minimum absolute atomic E-state index is 0.00219. The average molecular weight is 390 g/mol. The summed E-state index contributed by atoms with van der Waals surface area (Å²) in [4.78, 5) is 32.1. The Labute approximate surface area is 157 Å². The van der Waals surface area contributed by atoms with Crippen molar-refractivity contribution in [3.63, 3.8) is 0 Å². The number of carbonyl (C=O) groups is 2. The highest BCUT2D eigenvalue weighted by Gasteiger charge is 2.46. The Morgan fingerprint density at radius 3 is 2.79 bits per heavy atom. The number of allylic oxidation sites excluding steroid dienone is 1. The molecule has 144 valence electrons. The highest BCUT2D eigenvalue weighted by Crippen LogP contribution is 2.39. The molecular weight excluding hydrogens is 377 g/mol. The number of nitrogens with zero attached hydrogens (tertiary/aromatic N) is 4. The summed E-state index contributed by atoms with van der Waals surface area (Å²) in [5.41, 5.74) is -0.446. The van der Waals surface area contributed by atoms with Gasteiger partial charge in [-0.05, 0) is 18.2 Å². The van der Waals surface area contributed by atoms with Crippen LogP contribution in [-0.4, -0.2) is 55.1 Å². The lowest BCUT2D eigenvalue weighted by Gasteiger charge is -2.36. The number of hydrogen-bond donors (Lipinski definition) is 0. The molecule has 0 atom stereocenters. The van der Waals surface area contributed by atoms with E-state index in [0.717, 1.165) is 9.80 Å². The predicted molar refractivity (Wildman–Crippen MR) is 93.8 cm³/mol. The predicted octanol–water partition coefficient (Wildman–Crippen LogP) is 1.51. The summed E-state index contributed by atoms with van der Waals surface area (Å²) in [6, 6.07) is 4.54. The summed E-state index contributed by atoms with van der Waals surface area (Å²) in [6.07, 6.45) is 1.19. The lowest BCUT2D eigenvalue weighted by molar-refractivity contribution is -0.121. The number of fused-ring (bicyclic) bond motifs is 2. The summed E-state index contributed by atoms with van der Waals surface area (Å²) >= 11 is 0. The molecule has 0 unspecified atom stereocenters. The van der Waals surface area contributed by atoms with Gasteiger partial charge in [-0.2, -0.15) is 13.2 Å². The molecule has 10 heteroatoms. The van der Waals surface area contributed by atoms with Gasteiger partial charge in [-0.25, -0.2) is 4.90 Å². The first-order chi connectivity index (χ1) is 13.3. The number of aliphatic imine (C=N–C) groups is 1. The SMILES string of the molecule is C#CCN1C(=O)COc2ccc(N3C(=O)C=C(C(F)(F)F)N4CCN=C43)cc21.